The van der Waals surface area contributed by atoms with Gasteiger partial charge in [-0.25, -0.2) is 0 Å². The highest BCUT2D eigenvalue weighted by Crippen LogP contribution is 2.14. The van der Waals surface area contributed by atoms with Crippen molar-refractivity contribution in [2.24, 2.45) is 11.8 Å². The first-order valence-corrected chi connectivity index (χ1v) is 10.4. The number of benzene rings is 2. The monoisotopic (exact) mass is 430 g/mol. The van der Waals surface area contributed by atoms with Crippen LogP contribution in [-0.2, 0) is 27.2 Å². The van der Waals surface area contributed by atoms with E-state index in [4.69, 9.17) is 14.6 Å². The van der Waals surface area contributed by atoms with Crippen LogP contribution >= 0.6 is 0 Å². The van der Waals surface area contributed by atoms with Gasteiger partial charge >= 0.3 is 11.9 Å². The van der Waals surface area contributed by atoms with Crippen molar-refractivity contribution < 1.29 is 28.9 Å². The average Bonchev–Trinajstić information content (AvgIpc) is 2.72. The van der Waals surface area contributed by atoms with Crippen molar-refractivity contribution >= 4 is 11.9 Å². The molecule has 6 nitrogen and oxygen atoms in total. The standard InChI is InChI=1S/C13H18O3.C12H16O3/c1-10(2)9-16-12-6-4-11(5-7-12)8-13(14)15-3;1-9(2)8-15-11-5-3-10(4-6-11)7-12(13)14/h4-7,10H,8-9H2,1-3H3;3-6,9H,7-8H2,1-2H3,(H,13,14). The Kier molecular flexibility index (Phi) is 11.8. The summed E-state index contributed by atoms with van der Waals surface area (Å²) in [5.74, 6) is 1.58. The molecule has 0 aliphatic rings. The summed E-state index contributed by atoms with van der Waals surface area (Å²) in [5.41, 5.74) is 1.73. The molecule has 0 unspecified atom stereocenters. The van der Waals surface area contributed by atoms with E-state index in [9.17, 15) is 9.59 Å². The Morgan fingerprint density at radius 2 is 1.13 bits per heavy atom. The van der Waals surface area contributed by atoms with Gasteiger partial charge in [-0.3, -0.25) is 9.59 Å². The zero-order valence-corrected chi connectivity index (χ0v) is 19.1. The van der Waals surface area contributed by atoms with Crippen molar-refractivity contribution in [2.75, 3.05) is 20.3 Å². The van der Waals surface area contributed by atoms with Crippen LogP contribution in [0.1, 0.15) is 38.8 Å². The molecule has 0 saturated heterocycles. The summed E-state index contributed by atoms with van der Waals surface area (Å²) in [7, 11) is 1.39. The zero-order valence-electron chi connectivity index (χ0n) is 19.1. The van der Waals surface area contributed by atoms with E-state index in [1.807, 2.05) is 24.3 Å². The summed E-state index contributed by atoms with van der Waals surface area (Å²) in [6, 6.07) is 14.7. The molecule has 31 heavy (non-hydrogen) atoms. The lowest BCUT2D eigenvalue weighted by molar-refractivity contribution is -0.140. The second-order valence-electron chi connectivity index (χ2n) is 8.02. The highest BCUT2D eigenvalue weighted by molar-refractivity contribution is 5.72. The third-order valence-electron chi connectivity index (χ3n) is 3.94. The van der Waals surface area contributed by atoms with Gasteiger partial charge in [-0.15, -0.1) is 0 Å². The number of aliphatic carboxylic acids is 1. The van der Waals surface area contributed by atoms with Gasteiger partial charge in [-0.05, 0) is 47.2 Å². The molecule has 2 aromatic rings. The molecule has 0 heterocycles. The predicted octanol–water partition coefficient (Wildman–Crippen LogP) is 4.79. The SMILES string of the molecule is CC(C)COc1ccc(CC(=O)O)cc1.COC(=O)Cc1ccc(OCC(C)C)cc1. The first-order chi connectivity index (χ1) is 14.7. The molecule has 0 radical (unpaired) electrons. The smallest absolute Gasteiger partial charge is 0.309 e. The van der Waals surface area contributed by atoms with Crippen LogP contribution in [0.2, 0.25) is 0 Å². The Bertz CT molecular complexity index is 779. The van der Waals surface area contributed by atoms with Crippen molar-refractivity contribution in [3.05, 3.63) is 59.7 Å². The van der Waals surface area contributed by atoms with E-state index < -0.39 is 5.97 Å². The maximum absolute atomic E-state index is 11.0. The van der Waals surface area contributed by atoms with Gasteiger partial charge in [0.05, 0.1) is 33.2 Å². The first kappa shape index (κ1) is 26.0. The Labute approximate surface area is 185 Å². The molecule has 0 bridgehead atoms. The molecular formula is C25H34O6. The van der Waals surface area contributed by atoms with E-state index in [2.05, 4.69) is 32.4 Å². The van der Waals surface area contributed by atoms with E-state index in [1.165, 1.54) is 7.11 Å². The van der Waals surface area contributed by atoms with Gasteiger partial charge in [0.25, 0.3) is 0 Å². The minimum absolute atomic E-state index is 0.0600. The maximum Gasteiger partial charge on any atom is 0.309 e. The molecule has 0 saturated carbocycles. The van der Waals surface area contributed by atoms with Crippen LogP contribution in [0.5, 0.6) is 11.5 Å². The van der Waals surface area contributed by atoms with Crippen LogP contribution in [-0.4, -0.2) is 37.4 Å². The highest BCUT2D eigenvalue weighted by atomic mass is 16.5. The molecule has 6 heteroatoms. The summed E-state index contributed by atoms with van der Waals surface area (Å²) >= 11 is 0. The average molecular weight is 431 g/mol. The molecule has 0 spiro atoms. The van der Waals surface area contributed by atoms with E-state index >= 15 is 0 Å². The lowest BCUT2D eigenvalue weighted by Gasteiger charge is -2.08. The van der Waals surface area contributed by atoms with E-state index in [0.717, 1.165) is 22.6 Å². The number of hydrogen-bond donors (Lipinski definition) is 1. The quantitative estimate of drug-likeness (QED) is 0.546. The maximum atomic E-state index is 11.0. The second-order valence-corrected chi connectivity index (χ2v) is 8.02. The van der Waals surface area contributed by atoms with Crippen LogP contribution in [0.3, 0.4) is 0 Å². The Morgan fingerprint density at radius 3 is 1.45 bits per heavy atom. The molecule has 0 atom stereocenters. The zero-order chi connectivity index (χ0) is 23.2. The Hall–Kier alpha value is -3.02. The van der Waals surface area contributed by atoms with Crippen LogP contribution in [0.15, 0.2) is 48.5 Å². The fourth-order valence-corrected chi connectivity index (χ4v) is 2.35. The lowest BCUT2D eigenvalue weighted by Crippen LogP contribution is -2.06. The Balaban J connectivity index is 0.000000311. The number of rotatable bonds is 10. The summed E-state index contributed by atoms with van der Waals surface area (Å²) in [4.78, 5) is 21.5. The fourth-order valence-electron chi connectivity index (χ4n) is 2.35. The molecule has 2 aromatic carbocycles. The van der Waals surface area contributed by atoms with Crippen molar-refractivity contribution in [3.8, 4) is 11.5 Å². The topological polar surface area (TPSA) is 82.1 Å². The third-order valence-corrected chi connectivity index (χ3v) is 3.94. The van der Waals surface area contributed by atoms with Gasteiger partial charge < -0.3 is 19.3 Å². The third kappa shape index (κ3) is 12.3. The first-order valence-electron chi connectivity index (χ1n) is 10.4. The summed E-state index contributed by atoms with van der Waals surface area (Å²) < 4.78 is 15.6. The molecule has 170 valence electrons. The fraction of sp³-hybridized carbons (Fsp3) is 0.440. The van der Waals surface area contributed by atoms with Gasteiger partial charge in [-0.2, -0.15) is 0 Å². The number of methoxy groups -OCH3 is 1. The number of esters is 1. The predicted molar refractivity (Wildman–Crippen MR) is 121 cm³/mol. The van der Waals surface area contributed by atoms with E-state index in [1.54, 1.807) is 24.3 Å². The van der Waals surface area contributed by atoms with E-state index in [-0.39, 0.29) is 12.4 Å². The summed E-state index contributed by atoms with van der Waals surface area (Å²) in [5, 5.41) is 8.58. The highest BCUT2D eigenvalue weighted by Gasteiger charge is 2.03. The van der Waals surface area contributed by atoms with Gasteiger partial charge in [0.15, 0.2) is 0 Å². The normalized spacial score (nSPS) is 10.3. The molecule has 2 rings (SSSR count). The minimum atomic E-state index is -0.814. The number of hydrogen-bond acceptors (Lipinski definition) is 5. The number of ether oxygens (including phenoxy) is 3. The number of carbonyl (C=O) groups is 2. The van der Waals surface area contributed by atoms with Crippen molar-refractivity contribution in [1.82, 2.24) is 0 Å². The molecular weight excluding hydrogens is 396 g/mol. The summed E-state index contributed by atoms with van der Waals surface area (Å²) in [6.45, 7) is 9.75. The number of carboxylic acids is 1. The molecule has 0 fully saturated rings. The van der Waals surface area contributed by atoms with Crippen LogP contribution in [0.4, 0.5) is 0 Å². The van der Waals surface area contributed by atoms with Crippen LogP contribution < -0.4 is 9.47 Å². The molecule has 0 aliphatic heterocycles. The van der Waals surface area contributed by atoms with Crippen molar-refractivity contribution in [2.45, 2.75) is 40.5 Å². The minimum Gasteiger partial charge on any atom is -0.493 e. The molecule has 0 amide bonds. The molecule has 1 N–H and O–H groups in total. The second kappa shape index (κ2) is 14.1. The van der Waals surface area contributed by atoms with Crippen LogP contribution in [0.25, 0.3) is 0 Å². The van der Waals surface area contributed by atoms with E-state index in [0.29, 0.717) is 31.5 Å². The number of carbonyl (C=O) groups excluding carboxylic acids is 1. The van der Waals surface area contributed by atoms with Gasteiger partial charge in [0.2, 0.25) is 0 Å². The van der Waals surface area contributed by atoms with Gasteiger partial charge in [0, 0.05) is 0 Å². The van der Waals surface area contributed by atoms with Gasteiger partial charge in [-0.1, -0.05) is 52.0 Å². The number of carboxylic acid groups (broad SMARTS) is 1. The Morgan fingerprint density at radius 1 is 0.742 bits per heavy atom. The van der Waals surface area contributed by atoms with Crippen LogP contribution in [0, 0.1) is 11.8 Å². The largest absolute Gasteiger partial charge is 0.493 e. The molecule has 0 aliphatic carbocycles. The lowest BCUT2D eigenvalue weighted by atomic mass is 10.1. The summed E-state index contributed by atoms with van der Waals surface area (Å²) in [6.07, 6.45) is 0.366. The van der Waals surface area contributed by atoms with Crippen molar-refractivity contribution in [3.63, 3.8) is 0 Å². The van der Waals surface area contributed by atoms with Gasteiger partial charge in [0.1, 0.15) is 11.5 Å². The van der Waals surface area contributed by atoms with Crippen molar-refractivity contribution in [1.29, 1.82) is 0 Å². The molecule has 0 aromatic heterocycles.